The molecule has 1 atom stereocenters. The number of ketones is 1. The quantitative estimate of drug-likeness (QED) is 0.303. The molecule has 4 aliphatic heterocycles. The Kier molecular flexibility index (Phi) is 11.4. The fraction of sp³-hybridized carbons (Fsp3) is 0.583. The number of piperidine rings is 3. The number of rotatable bonds is 8. The summed E-state index contributed by atoms with van der Waals surface area (Å²) in [4.78, 5) is 46.1. The number of urea groups is 1. The summed E-state index contributed by atoms with van der Waals surface area (Å²) in [6, 6.07) is 9.85. The summed E-state index contributed by atoms with van der Waals surface area (Å²) in [5.41, 5.74) is 0.565. The Hall–Kier alpha value is -3.55. The van der Waals surface area contributed by atoms with E-state index in [-0.39, 0.29) is 42.2 Å². The van der Waals surface area contributed by atoms with Gasteiger partial charge in [0.05, 0.1) is 10.6 Å². The molecule has 272 valence electrons. The Labute approximate surface area is 295 Å². The number of phenolic OH excluding ortho intramolecular Hbond substituents is 1. The van der Waals surface area contributed by atoms with Gasteiger partial charge in [-0.3, -0.25) is 4.79 Å². The van der Waals surface area contributed by atoms with Gasteiger partial charge in [0.2, 0.25) is 0 Å². The summed E-state index contributed by atoms with van der Waals surface area (Å²) >= 11 is 5.98. The van der Waals surface area contributed by atoms with E-state index in [0.29, 0.717) is 44.9 Å². The smallest absolute Gasteiger partial charge is 0.420 e. The van der Waals surface area contributed by atoms with Crippen LogP contribution in [0.2, 0.25) is 5.02 Å². The first-order chi connectivity index (χ1) is 24.0. The van der Waals surface area contributed by atoms with Crippen molar-refractivity contribution in [2.45, 2.75) is 82.2 Å². The number of likely N-dealkylation sites (tertiary alicyclic amines) is 2. The maximum absolute atomic E-state index is 13.8. The Balaban J connectivity index is 1.10. The van der Waals surface area contributed by atoms with E-state index < -0.39 is 34.7 Å². The molecule has 4 heterocycles. The lowest BCUT2D eigenvalue weighted by Gasteiger charge is -2.39. The number of nitrogens with zero attached hydrogens (tertiary/aromatic N) is 3. The van der Waals surface area contributed by atoms with Gasteiger partial charge in [-0.05, 0) is 106 Å². The highest BCUT2D eigenvalue weighted by molar-refractivity contribution is 6.32. The average molecular weight is 720 g/mol. The average Bonchev–Trinajstić information content (AvgIpc) is 3.27. The number of hydrogen-bond acceptors (Lipinski definition) is 7. The van der Waals surface area contributed by atoms with Crippen molar-refractivity contribution in [2.24, 2.45) is 5.92 Å². The molecule has 4 aliphatic rings. The summed E-state index contributed by atoms with van der Waals surface area (Å²) < 4.78 is 46.9. The molecule has 0 unspecified atom stereocenters. The summed E-state index contributed by atoms with van der Waals surface area (Å²) in [6.45, 7) is 4.85. The molecular weight excluding hydrogens is 675 g/mol. The first-order valence-corrected chi connectivity index (χ1v) is 18.0. The van der Waals surface area contributed by atoms with E-state index in [0.717, 1.165) is 69.2 Å². The molecule has 6 rings (SSSR count). The number of hydrogen-bond donors (Lipinski definition) is 3. The second-order valence-corrected chi connectivity index (χ2v) is 14.3. The predicted octanol–water partition coefficient (Wildman–Crippen LogP) is 6.09. The van der Waals surface area contributed by atoms with Crippen molar-refractivity contribution in [1.29, 1.82) is 0 Å². The monoisotopic (exact) mass is 719 g/mol. The number of carbonyl (C=O) groups excluding carboxylic acids is 3. The van der Waals surface area contributed by atoms with Crippen LogP contribution in [0.4, 0.5) is 28.4 Å². The van der Waals surface area contributed by atoms with Gasteiger partial charge in [-0.25, -0.2) is 9.59 Å². The van der Waals surface area contributed by atoms with E-state index in [1.807, 2.05) is 24.3 Å². The van der Waals surface area contributed by atoms with Crippen molar-refractivity contribution < 1.29 is 37.4 Å². The van der Waals surface area contributed by atoms with Gasteiger partial charge in [0.25, 0.3) is 0 Å². The highest BCUT2D eigenvalue weighted by Crippen LogP contribution is 2.41. The van der Waals surface area contributed by atoms with E-state index >= 15 is 0 Å². The van der Waals surface area contributed by atoms with Crippen molar-refractivity contribution in [3.8, 4) is 5.75 Å². The van der Waals surface area contributed by atoms with Crippen molar-refractivity contribution in [2.75, 3.05) is 51.1 Å². The van der Waals surface area contributed by atoms with Crippen LogP contribution in [0, 0.1) is 5.92 Å². The third-order valence-corrected chi connectivity index (χ3v) is 11.0. The van der Waals surface area contributed by atoms with Gasteiger partial charge in [0.15, 0.2) is 11.9 Å². The molecule has 0 bridgehead atoms. The number of fused-ring (bicyclic) bond motifs is 1. The number of para-hydroxylation sites is 1. The predicted molar refractivity (Wildman–Crippen MR) is 182 cm³/mol. The number of amides is 3. The number of aromatic hydroxyl groups is 1. The van der Waals surface area contributed by atoms with Crippen molar-refractivity contribution in [3.05, 3.63) is 58.1 Å². The van der Waals surface area contributed by atoms with Gasteiger partial charge in [0, 0.05) is 50.2 Å². The number of anilines is 1. The standard InChI is InChI=1S/C36H45ClF3N5O5/c37-29-20-24(19-28(33(29)47)36(38,39)40)22-32(31(46)21-23-7-14-43(15-8-23)26-5-12-41-13-6-26)50-35(49)44-16-10-27(11-17-44)45-18-9-25-3-1-2-4-30(25)42-34(45)48/h1-4,19-20,23,26-27,32,41,47H,5-18,21-22H2,(H,42,48)/t32-/m1/s1. The lowest BCUT2D eigenvalue weighted by molar-refractivity contribution is -0.138. The second-order valence-electron chi connectivity index (χ2n) is 13.9. The van der Waals surface area contributed by atoms with Crippen LogP contribution in [0.1, 0.15) is 61.6 Å². The van der Waals surface area contributed by atoms with Crippen LogP contribution in [-0.2, 0) is 28.5 Å². The number of phenols is 1. The van der Waals surface area contributed by atoms with Gasteiger partial charge < -0.3 is 35.2 Å². The molecule has 3 saturated heterocycles. The minimum absolute atomic E-state index is 0.0267. The summed E-state index contributed by atoms with van der Waals surface area (Å²) in [7, 11) is 0. The van der Waals surface area contributed by atoms with E-state index in [4.69, 9.17) is 16.3 Å². The van der Waals surface area contributed by atoms with Crippen LogP contribution >= 0.6 is 11.6 Å². The number of benzene rings is 2. The van der Waals surface area contributed by atoms with Crippen LogP contribution in [0.3, 0.4) is 0 Å². The third kappa shape index (κ3) is 8.66. The van der Waals surface area contributed by atoms with Gasteiger partial charge in [-0.2, -0.15) is 13.2 Å². The van der Waals surface area contributed by atoms with Crippen molar-refractivity contribution in [1.82, 2.24) is 20.0 Å². The SMILES string of the molecule is O=C(CC1CCN(C2CCNCC2)CC1)[C@@H](Cc1cc(Cl)c(O)c(C(F)(F)F)c1)OC(=O)N1CCC(N2CCc3ccccc3NC2=O)CC1. The molecule has 0 spiro atoms. The first-order valence-electron chi connectivity index (χ1n) is 17.6. The molecule has 3 fully saturated rings. The molecule has 0 aromatic heterocycles. The number of halogens is 4. The minimum atomic E-state index is -4.88. The molecular formula is C36H45ClF3N5O5. The molecule has 2 aromatic rings. The topological polar surface area (TPSA) is 114 Å². The molecule has 0 radical (unpaired) electrons. The maximum Gasteiger partial charge on any atom is 0.420 e. The summed E-state index contributed by atoms with van der Waals surface area (Å²) in [5.74, 6) is -1.38. The highest BCUT2D eigenvalue weighted by Gasteiger charge is 2.38. The first kappa shape index (κ1) is 36.2. The Morgan fingerprint density at radius 1 is 0.960 bits per heavy atom. The van der Waals surface area contributed by atoms with Crippen molar-refractivity contribution in [3.63, 3.8) is 0 Å². The number of nitrogens with one attached hydrogen (secondary N) is 2. The van der Waals surface area contributed by atoms with Crippen LogP contribution in [0.5, 0.6) is 5.75 Å². The molecule has 0 aliphatic carbocycles. The molecule has 2 aromatic carbocycles. The molecule has 3 amide bonds. The molecule has 0 saturated carbocycles. The zero-order valence-electron chi connectivity index (χ0n) is 28.0. The van der Waals surface area contributed by atoms with E-state index in [9.17, 15) is 32.7 Å². The maximum atomic E-state index is 13.8. The largest absolute Gasteiger partial charge is 0.506 e. The molecule has 10 nitrogen and oxygen atoms in total. The molecule has 3 N–H and O–H groups in total. The van der Waals surface area contributed by atoms with E-state index in [1.165, 1.54) is 11.0 Å². The number of carbonyl (C=O) groups is 3. The Morgan fingerprint density at radius 3 is 2.36 bits per heavy atom. The fourth-order valence-corrected chi connectivity index (χ4v) is 8.07. The van der Waals surface area contributed by atoms with E-state index in [2.05, 4.69) is 15.5 Å². The number of ether oxygens (including phenoxy) is 1. The Morgan fingerprint density at radius 2 is 1.66 bits per heavy atom. The van der Waals surface area contributed by atoms with Crippen molar-refractivity contribution >= 4 is 35.2 Å². The number of alkyl halides is 3. The van der Waals surface area contributed by atoms with Gasteiger partial charge in [-0.15, -0.1) is 0 Å². The third-order valence-electron chi connectivity index (χ3n) is 10.7. The lowest BCUT2D eigenvalue weighted by Crippen LogP contribution is -2.50. The summed E-state index contributed by atoms with van der Waals surface area (Å²) in [5, 5.41) is 15.9. The zero-order valence-corrected chi connectivity index (χ0v) is 28.8. The van der Waals surface area contributed by atoms with Crippen LogP contribution in [0.15, 0.2) is 36.4 Å². The van der Waals surface area contributed by atoms with Gasteiger partial charge in [-0.1, -0.05) is 29.8 Å². The van der Waals surface area contributed by atoms with Gasteiger partial charge in [0.1, 0.15) is 5.75 Å². The molecule has 50 heavy (non-hydrogen) atoms. The normalized spacial score (nSPS) is 20.9. The lowest BCUT2D eigenvalue weighted by atomic mass is 9.88. The second kappa shape index (κ2) is 15.8. The van der Waals surface area contributed by atoms with Crippen LogP contribution < -0.4 is 10.6 Å². The summed E-state index contributed by atoms with van der Waals surface area (Å²) in [6.07, 6.45) is -1.58. The van der Waals surface area contributed by atoms with Crippen LogP contribution in [0.25, 0.3) is 0 Å². The fourth-order valence-electron chi connectivity index (χ4n) is 7.83. The Bertz CT molecular complexity index is 1540. The number of Topliss-reactive ketones (excluding diaryl/α,β-unsaturated/α-hetero) is 1. The van der Waals surface area contributed by atoms with Crippen LogP contribution in [-0.4, -0.2) is 102 Å². The molecule has 14 heteroatoms. The highest BCUT2D eigenvalue weighted by atomic mass is 35.5. The minimum Gasteiger partial charge on any atom is -0.506 e. The van der Waals surface area contributed by atoms with Gasteiger partial charge >= 0.3 is 18.3 Å². The van der Waals surface area contributed by atoms with E-state index in [1.54, 1.807) is 4.90 Å². The zero-order chi connectivity index (χ0) is 35.4.